The molecule has 0 heterocycles. The van der Waals surface area contributed by atoms with E-state index in [0.29, 0.717) is 0 Å². The molecule has 0 aromatic heterocycles. The van der Waals surface area contributed by atoms with Crippen LogP contribution in [0.3, 0.4) is 0 Å². The number of hydrogen-bond acceptors (Lipinski definition) is 1. The maximum atomic E-state index is 2.84. The van der Waals surface area contributed by atoms with E-state index in [4.69, 9.17) is 0 Å². The molecule has 0 saturated carbocycles. The molecule has 0 aliphatic heterocycles. The van der Waals surface area contributed by atoms with Crippen molar-refractivity contribution in [2.24, 2.45) is 0 Å². The number of aryl methyl sites for hydroxylation is 1. The van der Waals surface area contributed by atoms with E-state index in [0.717, 1.165) is 6.54 Å². The van der Waals surface area contributed by atoms with Gasteiger partial charge in [-0.2, -0.15) is 0 Å². The summed E-state index contributed by atoms with van der Waals surface area (Å²) in [5.41, 5.74) is 2.92. The van der Waals surface area contributed by atoms with Crippen LogP contribution in [0.25, 0.3) is 0 Å². The third-order valence-corrected chi connectivity index (χ3v) is 10.8. The van der Waals surface area contributed by atoms with Crippen LogP contribution in [0.5, 0.6) is 0 Å². The Bertz CT molecular complexity index is 361. The molecule has 1 nitrogen and oxygen atoms in total. The fraction of sp³-hybridized carbons (Fsp3) is 0.571. The highest BCUT2D eigenvalue weighted by atomic mass is 28.4. The van der Waals surface area contributed by atoms with Crippen molar-refractivity contribution in [3.05, 3.63) is 35.4 Å². The third-order valence-electron chi connectivity index (χ3n) is 3.21. The normalized spacial score (nSPS) is 13.2. The predicted molar refractivity (Wildman–Crippen MR) is 83.4 cm³/mol. The van der Waals surface area contributed by atoms with Crippen molar-refractivity contribution in [1.29, 1.82) is 0 Å². The molecule has 0 bridgehead atoms. The lowest BCUT2D eigenvalue weighted by molar-refractivity contribution is 0.609. The zero-order chi connectivity index (χ0) is 13.3. The lowest BCUT2D eigenvalue weighted by atomic mass is 10.1. The smallest absolute Gasteiger partial charge is 0.112 e. The Labute approximate surface area is 109 Å². The molecule has 0 spiro atoms. The molecular weight excluding hydrogens is 238 g/mol. The fourth-order valence-electron chi connectivity index (χ4n) is 2.44. The van der Waals surface area contributed by atoms with Crippen molar-refractivity contribution >= 4 is 16.5 Å². The van der Waals surface area contributed by atoms with Gasteiger partial charge in [0, 0.05) is 6.54 Å². The molecule has 1 aromatic carbocycles. The van der Waals surface area contributed by atoms with Gasteiger partial charge in [-0.05, 0) is 18.1 Å². The van der Waals surface area contributed by atoms with Gasteiger partial charge in [0.1, 0.15) is 16.5 Å². The van der Waals surface area contributed by atoms with Crippen LogP contribution in [-0.2, 0) is 6.54 Å². The number of nitrogens with zero attached hydrogens (tertiary/aromatic N) is 1. The summed E-state index contributed by atoms with van der Waals surface area (Å²) in [6, 6.07) is 8.80. The van der Waals surface area contributed by atoms with Crippen molar-refractivity contribution in [3.8, 4) is 0 Å². The number of hydrogen-bond donors (Lipinski definition) is 0. The van der Waals surface area contributed by atoms with Gasteiger partial charge in [-0.1, -0.05) is 63.5 Å². The van der Waals surface area contributed by atoms with Crippen molar-refractivity contribution in [3.63, 3.8) is 0 Å². The Morgan fingerprint density at radius 1 is 0.882 bits per heavy atom. The second kappa shape index (κ2) is 5.08. The topological polar surface area (TPSA) is 3.24 Å². The first-order valence-corrected chi connectivity index (χ1v) is 13.3. The van der Waals surface area contributed by atoms with Gasteiger partial charge in [0.15, 0.2) is 0 Å². The van der Waals surface area contributed by atoms with E-state index in [1.807, 2.05) is 0 Å². The standard InChI is InChI=1S/C14H27NSi2/c1-13-10-8-9-11-14(13)12-15(16(2,3)4)17(5,6)7/h8-11H,12H2,1-7H3. The van der Waals surface area contributed by atoms with Gasteiger partial charge in [-0.15, -0.1) is 0 Å². The van der Waals surface area contributed by atoms with E-state index in [9.17, 15) is 0 Å². The summed E-state index contributed by atoms with van der Waals surface area (Å²) in [7, 11) is -2.47. The molecule has 0 atom stereocenters. The van der Waals surface area contributed by atoms with Gasteiger partial charge in [-0.25, -0.2) is 0 Å². The molecule has 0 aliphatic rings. The minimum atomic E-state index is -1.23. The van der Waals surface area contributed by atoms with Gasteiger partial charge in [0.2, 0.25) is 0 Å². The van der Waals surface area contributed by atoms with E-state index in [1.165, 1.54) is 11.1 Å². The average molecular weight is 266 g/mol. The maximum absolute atomic E-state index is 2.84. The summed E-state index contributed by atoms with van der Waals surface area (Å²) in [6.45, 7) is 18.1. The van der Waals surface area contributed by atoms with E-state index in [1.54, 1.807) is 0 Å². The first-order chi connectivity index (χ1) is 7.62. The lowest BCUT2D eigenvalue weighted by Crippen LogP contribution is -2.58. The molecule has 0 amide bonds. The first-order valence-electron chi connectivity index (χ1n) is 6.44. The van der Waals surface area contributed by atoms with Crippen LogP contribution in [0.2, 0.25) is 39.3 Å². The minimum Gasteiger partial charge on any atom is -0.342 e. The Balaban J connectivity index is 3.00. The third kappa shape index (κ3) is 4.09. The molecular formula is C14H27NSi2. The fourth-order valence-corrected chi connectivity index (χ4v) is 11.8. The predicted octanol–water partition coefficient (Wildman–Crippen LogP) is 4.47. The summed E-state index contributed by atoms with van der Waals surface area (Å²) in [4.78, 5) is 0. The summed E-state index contributed by atoms with van der Waals surface area (Å²) in [6.07, 6.45) is 0. The van der Waals surface area contributed by atoms with Gasteiger partial charge < -0.3 is 4.23 Å². The van der Waals surface area contributed by atoms with Crippen LogP contribution >= 0.6 is 0 Å². The molecule has 0 unspecified atom stereocenters. The number of benzene rings is 1. The zero-order valence-corrected chi connectivity index (χ0v) is 14.5. The van der Waals surface area contributed by atoms with E-state index < -0.39 is 16.5 Å². The van der Waals surface area contributed by atoms with Crippen LogP contribution in [0.15, 0.2) is 24.3 Å². The van der Waals surface area contributed by atoms with Crippen LogP contribution < -0.4 is 0 Å². The van der Waals surface area contributed by atoms with E-state index >= 15 is 0 Å². The molecule has 0 saturated heterocycles. The second-order valence-corrected chi connectivity index (χ2v) is 17.1. The zero-order valence-electron chi connectivity index (χ0n) is 12.5. The minimum absolute atomic E-state index is 1.14. The summed E-state index contributed by atoms with van der Waals surface area (Å²) in [5.74, 6) is 0. The van der Waals surface area contributed by atoms with Crippen molar-refractivity contribution < 1.29 is 0 Å². The summed E-state index contributed by atoms with van der Waals surface area (Å²) >= 11 is 0. The second-order valence-electron chi connectivity index (χ2n) is 6.85. The monoisotopic (exact) mass is 265 g/mol. The Morgan fingerprint density at radius 2 is 1.35 bits per heavy atom. The van der Waals surface area contributed by atoms with Crippen LogP contribution in [0, 0.1) is 6.92 Å². The molecule has 1 aromatic rings. The highest BCUT2D eigenvalue weighted by molar-refractivity contribution is 6.89. The number of rotatable bonds is 4. The van der Waals surface area contributed by atoms with E-state index in [2.05, 4.69) is 74.7 Å². The molecule has 3 heteroatoms. The molecule has 0 radical (unpaired) electrons. The van der Waals surface area contributed by atoms with Crippen molar-refractivity contribution in [2.75, 3.05) is 0 Å². The van der Waals surface area contributed by atoms with Crippen molar-refractivity contribution in [2.45, 2.75) is 52.8 Å². The van der Waals surface area contributed by atoms with Crippen LogP contribution in [-0.4, -0.2) is 20.7 Å². The molecule has 17 heavy (non-hydrogen) atoms. The van der Waals surface area contributed by atoms with Gasteiger partial charge in [-0.3, -0.25) is 0 Å². The van der Waals surface area contributed by atoms with Gasteiger partial charge >= 0.3 is 0 Å². The van der Waals surface area contributed by atoms with E-state index in [-0.39, 0.29) is 0 Å². The quantitative estimate of drug-likeness (QED) is 0.726. The molecule has 0 aliphatic carbocycles. The van der Waals surface area contributed by atoms with Crippen LogP contribution in [0.4, 0.5) is 0 Å². The highest BCUT2D eigenvalue weighted by Gasteiger charge is 2.34. The lowest BCUT2D eigenvalue weighted by Gasteiger charge is -2.43. The Kier molecular flexibility index (Phi) is 4.39. The largest absolute Gasteiger partial charge is 0.342 e. The van der Waals surface area contributed by atoms with Gasteiger partial charge in [0.05, 0.1) is 0 Å². The van der Waals surface area contributed by atoms with Crippen LogP contribution in [0.1, 0.15) is 11.1 Å². The Hall–Kier alpha value is -0.386. The molecule has 96 valence electrons. The average Bonchev–Trinajstić information content (AvgIpc) is 2.12. The van der Waals surface area contributed by atoms with Crippen molar-refractivity contribution in [1.82, 2.24) is 4.23 Å². The highest BCUT2D eigenvalue weighted by Crippen LogP contribution is 2.23. The first kappa shape index (κ1) is 14.7. The Morgan fingerprint density at radius 3 is 1.76 bits per heavy atom. The molecule has 1 rings (SSSR count). The van der Waals surface area contributed by atoms with Gasteiger partial charge in [0.25, 0.3) is 0 Å². The summed E-state index contributed by atoms with van der Waals surface area (Å²) < 4.78 is 2.84. The molecule has 0 fully saturated rings. The molecule has 0 N–H and O–H groups in total. The summed E-state index contributed by atoms with van der Waals surface area (Å²) in [5, 5.41) is 0. The maximum Gasteiger partial charge on any atom is 0.112 e. The SMILES string of the molecule is Cc1ccccc1CN([Si](C)(C)C)[Si](C)(C)C.